The first-order valence-corrected chi connectivity index (χ1v) is 3.00. The molecular weight excluding hydrogens is 102 g/mol. The van der Waals surface area contributed by atoms with Crippen molar-refractivity contribution in [1.29, 1.82) is 0 Å². The van der Waals surface area contributed by atoms with Gasteiger partial charge in [0.05, 0.1) is 0 Å². The van der Waals surface area contributed by atoms with Gasteiger partial charge in [0, 0.05) is 0 Å². The van der Waals surface area contributed by atoms with E-state index in [1.165, 1.54) is 0 Å². The molecule has 0 fully saturated rings. The Morgan fingerprint density at radius 3 is 2.12 bits per heavy atom. The van der Waals surface area contributed by atoms with Crippen LogP contribution in [0.5, 0.6) is 0 Å². The second-order valence-corrected chi connectivity index (χ2v) is 2.56. The van der Waals surface area contributed by atoms with Gasteiger partial charge in [-0.1, -0.05) is 13.8 Å². The summed E-state index contributed by atoms with van der Waals surface area (Å²) < 4.78 is 0. The zero-order valence-electron chi connectivity index (χ0n) is 5.55. The second-order valence-electron chi connectivity index (χ2n) is 2.56. The Hall–Kier alpha value is -0.0800. The molecule has 0 aromatic heterocycles. The molecule has 0 aliphatic heterocycles. The van der Waals surface area contributed by atoms with E-state index >= 15 is 0 Å². The van der Waals surface area contributed by atoms with Crippen molar-refractivity contribution in [3.05, 3.63) is 0 Å². The molecule has 8 heavy (non-hydrogen) atoms. The third-order valence-electron chi connectivity index (χ3n) is 0.988. The van der Waals surface area contributed by atoms with Crippen LogP contribution in [0.4, 0.5) is 0 Å². The van der Waals surface area contributed by atoms with Gasteiger partial charge < -0.3 is 10.8 Å². The van der Waals surface area contributed by atoms with Crippen molar-refractivity contribution in [3.63, 3.8) is 0 Å². The molecule has 0 saturated heterocycles. The van der Waals surface area contributed by atoms with Crippen LogP contribution in [-0.4, -0.2) is 12.6 Å². The summed E-state index contributed by atoms with van der Waals surface area (Å²) in [5.74, 6) is 0.555. The van der Waals surface area contributed by atoms with E-state index in [-0.39, 0.29) is 12.6 Å². The van der Waals surface area contributed by atoms with E-state index in [9.17, 15) is 5.11 Å². The predicted octanol–water partition coefficient (Wildman–Crippen LogP) is -0.280. The van der Waals surface area contributed by atoms with Gasteiger partial charge in [-0.05, 0) is 18.4 Å². The quantitative estimate of drug-likeness (QED) is 0.551. The van der Waals surface area contributed by atoms with Crippen LogP contribution in [-0.2, 0) is 0 Å². The van der Waals surface area contributed by atoms with Crippen LogP contribution >= 0.6 is 0 Å². The van der Waals surface area contributed by atoms with E-state index in [0.717, 1.165) is 6.42 Å². The van der Waals surface area contributed by atoms with Gasteiger partial charge in [0.1, 0.15) is 0 Å². The topological polar surface area (TPSA) is 49.1 Å². The molecule has 0 rings (SSSR count). The average molecular weight is 116 g/mol. The van der Waals surface area contributed by atoms with Crippen LogP contribution in [0.25, 0.3) is 0 Å². The first kappa shape index (κ1) is 7.92. The smallest absolute Gasteiger partial charge is 0.0112 e. The third-order valence-corrected chi connectivity index (χ3v) is 0.988. The number of rotatable bonds is 3. The van der Waals surface area contributed by atoms with Gasteiger partial charge in [-0.2, -0.15) is 0 Å². The molecule has 0 heterocycles. The molecule has 0 bridgehead atoms. The van der Waals surface area contributed by atoms with Crippen LogP contribution in [0.3, 0.4) is 0 Å². The van der Waals surface area contributed by atoms with Gasteiger partial charge >= 0.3 is 0 Å². The van der Waals surface area contributed by atoms with Crippen molar-refractivity contribution in [2.24, 2.45) is 11.7 Å². The highest BCUT2D eigenvalue weighted by molar-refractivity contribution is 4.59. The minimum absolute atomic E-state index is 0.130. The molecule has 0 spiro atoms. The predicted molar refractivity (Wildman–Crippen MR) is 32.3 cm³/mol. The van der Waals surface area contributed by atoms with Gasteiger partial charge in [-0.25, -0.2) is 0 Å². The molecule has 0 unspecified atom stereocenters. The van der Waals surface area contributed by atoms with Crippen molar-refractivity contribution in [2.45, 2.75) is 26.3 Å². The summed E-state index contributed by atoms with van der Waals surface area (Å²) >= 11 is 0. The molecule has 0 aromatic rings. The van der Waals surface area contributed by atoms with Crippen LogP contribution < -0.4 is 10.8 Å². The zero-order valence-corrected chi connectivity index (χ0v) is 5.55. The minimum Gasteiger partial charge on any atom is -0.853 e. The summed E-state index contributed by atoms with van der Waals surface area (Å²) in [5, 5.41) is 10.0. The molecular formula is C6H14NO-. The van der Waals surface area contributed by atoms with Crippen LogP contribution in [0.15, 0.2) is 0 Å². The molecule has 50 valence electrons. The summed E-state index contributed by atoms with van der Waals surface area (Å²) in [4.78, 5) is 0. The van der Waals surface area contributed by atoms with E-state index < -0.39 is 0 Å². The lowest BCUT2D eigenvalue weighted by Crippen LogP contribution is -2.33. The van der Waals surface area contributed by atoms with Gasteiger partial charge in [-0.15, -0.1) is 6.61 Å². The van der Waals surface area contributed by atoms with E-state index in [1.807, 2.05) is 0 Å². The highest BCUT2D eigenvalue weighted by atomic mass is 16.3. The Balaban J connectivity index is 3.10. The molecule has 0 aliphatic rings. The van der Waals surface area contributed by atoms with E-state index in [4.69, 9.17) is 5.73 Å². The van der Waals surface area contributed by atoms with Crippen LogP contribution in [0.1, 0.15) is 20.3 Å². The Labute approximate surface area is 50.7 Å². The lowest BCUT2D eigenvalue weighted by Gasteiger charge is -2.15. The fraction of sp³-hybridized carbons (Fsp3) is 1.00. The molecule has 1 atom stereocenters. The van der Waals surface area contributed by atoms with Gasteiger partial charge in [0.2, 0.25) is 0 Å². The molecule has 0 amide bonds. The normalized spacial score (nSPS) is 14.6. The summed E-state index contributed by atoms with van der Waals surface area (Å²) in [6.45, 7) is 3.99. The Morgan fingerprint density at radius 1 is 1.50 bits per heavy atom. The lowest BCUT2D eigenvalue weighted by molar-refractivity contribution is -0.371. The Bertz CT molecular complexity index is 54.5. The van der Waals surface area contributed by atoms with Gasteiger partial charge in [0.15, 0.2) is 0 Å². The number of hydrogen-bond donors (Lipinski definition) is 1. The minimum atomic E-state index is -0.141. The van der Waals surface area contributed by atoms with Crippen molar-refractivity contribution in [1.82, 2.24) is 0 Å². The van der Waals surface area contributed by atoms with E-state index in [0.29, 0.717) is 5.92 Å². The molecule has 0 aliphatic carbocycles. The maximum Gasteiger partial charge on any atom is -0.0112 e. The first-order valence-electron chi connectivity index (χ1n) is 3.00. The molecule has 2 N–H and O–H groups in total. The third kappa shape index (κ3) is 4.09. The average Bonchev–Trinajstić information content (AvgIpc) is 1.65. The summed E-state index contributed by atoms with van der Waals surface area (Å²) in [6.07, 6.45) is 0.851. The zero-order chi connectivity index (χ0) is 6.57. The van der Waals surface area contributed by atoms with Crippen LogP contribution in [0, 0.1) is 5.92 Å². The molecule has 0 saturated carbocycles. The standard InChI is InChI=1S/C6H14NO/c1-5(2)3-6(7)4-8/h5-6H,3-4,7H2,1-2H3/q-1/t6-/m0/s1. The van der Waals surface area contributed by atoms with Crippen molar-refractivity contribution in [3.8, 4) is 0 Å². The van der Waals surface area contributed by atoms with Crippen LogP contribution in [0.2, 0.25) is 0 Å². The van der Waals surface area contributed by atoms with E-state index in [2.05, 4.69) is 13.8 Å². The van der Waals surface area contributed by atoms with Crippen molar-refractivity contribution < 1.29 is 5.11 Å². The van der Waals surface area contributed by atoms with Crippen molar-refractivity contribution >= 4 is 0 Å². The summed E-state index contributed by atoms with van der Waals surface area (Å²) in [7, 11) is 0. The molecule has 0 aromatic carbocycles. The number of hydrogen-bond acceptors (Lipinski definition) is 2. The Kier molecular flexibility index (Phi) is 3.83. The fourth-order valence-corrected chi connectivity index (χ4v) is 0.674. The van der Waals surface area contributed by atoms with E-state index in [1.54, 1.807) is 0 Å². The summed E-state index contributed by atoms with van der Waals surface area (Å²) in [5.41, 5.74) is 5.36. The molecule has 0 radical (unpaired) electrons. The highest BCUT2D eigenvalue weighted by Crippen LogP contribution is 2.00. The molecule has 2 nitrogen and oxygen atoms in total. The highest BCUT2D eigenvalue weighted by Gasteiger charge is 1.97. The second kappa shape index (κ2) is 3.87. The molecule has 2 heteroatoms. The maximum absolute atomic E-state index is 10.0. The fourth-order valence-electron chi connectivity index (χ4n) is 0.674. The first-order chi connectivity index (χ1) is 3.66. The Morgan fingerprint density at radius 2 is 2.00 bits per heavy atom. The SMILES string of the molecule is CC(C)C[C@H](N)C[O-]. The monoisotopic (exact) mass is 116 g/mol. The largest absolute Gasteiger partial charge is 0.853 e. The van der Waals surface area contributed by atoms with Crippen molar-refractivity contribution in [2.75, 3.05) is 6.61 Å². The van der Waals surface area contributed by atoms with Gasteiger partial charge in [-0.3, -0.25) is 0 Å². The lowest BCUT2D eigenvalue weighted by atomic mass is 10.1. The van der Waals surface area contributed by atoms with Gasteiger partial charge in [0.25, 0.3) is 0 Å². The number of nitrogens with two attached hydrogens (primary N) is 1. The summed E-state index contributed by atoms with van der Waals surface area (Å²) in [6, 6.07) is -0.130. The maximum atomic E-state index is 10.0.